The number of halogens is 3. The van der Waals surface area contributed by atoms with Crippen molar-refractivity contribution >= 4 is 29.2 Å². The summed E-state index contributed by atoms with van der Waals surface area (Å²) in [4.78, 5) is 20.5. The highest BCUT2D eigenvalue weighted by molar-refractivity contribution is 6.30. The average molecular weight is 423 g/mol. The fraction of sp³-hybridized carbons (Fsp3) is 0.316. The van der Waals surface area contributed by atoms with Crippen molar-refractivity contribution in [3.05, 3.63) is 58.6 Å². The molecule has 1 saturated heterocycles. The number of benzene rings is 1. The standard InChI is InChI=1S/C19H17ClF2N4O3/c20-10-1-4-15(24-6-10)17(27)25-11-2-3-14(22)12(5-11)19(9-21)13-7-28-8-16(13)29-18(23)26-19/h1-6,13,16H,7-9H2,(H2,23,26)(H,25,27)/t13-,16+,19+/m0/s1. The topological polar surface area (TPSA) is 98.8 Å². The number of amides is 1. The third-order valence-corrected chi connectivity index (χ3v) is 5.30. The van der Waals surface area contributed by atoms with Gasteiger partial charge >= 0.3 is 0 Å². The van der Waals surface area contributed by atoms with Crippen LogP contribution < -0.4 is 11.1 Å². The number of hydrogen-bond donors (Lipinski definition) is 2. The van der Waals surface area contributed by atoms with Crippen LogP contribution in [0.15, 0.2) is 41.5 Å². The van der Waals surface area contributed by atoms with E-state index >= 15 is 0 Å². The van der Waals surface area contributed by atoms with E-state index in [-0.39, 0.29) is 36.2 Å². The van der Waals surface area contributed by atoms with E-state index in [1.165, 1.54) is 30.5 Å². The number of anilines is 1. The molecule has 3 heterocycles. The summed E-state index contributed by atoms with van der Waals surface area (Å²) in [6.07, 6.45) is 0.809. The molecule has 3 N–H and O–H groups in total. The second-order valence-corrected chi connectivity index (χ2v) is 7.26. The van der Waals surface area contributed by atoms with Gasteiger partial charge < -0.3 is 20.5 Å². The molecule has 3 atom stereocenters. The summed E-state index contributed by atoms with van der Waals surface area (Å²) in [5.41, 5.74) is 4.47. The molecular weight excluding hydrogens is 406 g/mol. The van der Waals surface area contributed by atoms with Gasteiger partial charge in [-0.25, -0.2) is 18.8 Å². The summed E-state index contributed by atoms with van der Waals surface area (Å²) >= 11 is 5.77. The Kier molecular flexibility index (Phi) is 5.10. The zero-order chi connectivity index (χ0) is 20.6. The van der Waals surface area contributed by atoms with E-state index < -0.39 is 36.0 Å². The number of hydrogen-bond acceptors (Lipinski definition) is 6. The molecule has 152 valence electrons. The van der Waals surface area contributed by atoms with Crippen molar-refractivity contribution in [3.8, 4) is 0 Å². The number of alkyl halides is 1. The Hall–Kier alpha value is -2.78. The van der Waals surface area contributed by atoms with Crippen LogP contribution in [0.4, 0.5) is 14.5 Å². The molecule has 0 saturated carbocycles. The highest BCUT2D eigenvalue weighted by Gasteiger charge is 2.53. The van der Waals surface area contributed by atoms with Gasteiger partial charge in [-0.1, -0.05) is 11.6 Å². The van der Waals surface area contributed by atoms with Crippen LogP contribution in [0.25, 0.3) is 0 Å². The molecule has 10 heteroatoms. The van der Waals surface area contributed by atoms with Gasteiger partial charge in [-0.2, -0.15) is 0 Å². The number of rotatable bonds is 4. The van der Waals surface area contributed by atoms with Crippen LogP contribution >= 0.6 is 11.6 Å². The molecule has 1 aromatic heterocycles. The van der Waals surface area contributed by atoms with E-state index in [2.05, 4.69) is 15.3 Å². The number of nitrogens with zero attached hydrogens (tertiary/aromatic N) is 2. The van der Waals surface area contributed by atoms with Crippen molar-refractivity contribution in [2.75, 3.05) is 25.2 Å². The van der Waals surface area contributed by atoms with E-state index in [4.69, 9.17) is 26.8 Å². The second kappa shape index (κ2) is 7.57. The first-order valence-corrected chi connectivity index (χ1v) is 9.19. The normalized spacial score (nSPS) is 25.7. The Labute approximate surface area is 169 Å². The highest BCUT2D eigenvalue weighted by atomic mass is 35.5. The molecule has 0 unspecified atom stereocenters. The highest BCUT2D eigenvalue weighted by Crippen LogP contribution is 2.44. The first-order valence-electron chi connectivity index (χ1n) is 8.81. The van der Waals surface area contributed by atoms with Gasteiger partial charge in [-0.15, -0.1) is 0 Å². The van der Waals surface area contributed by atoms with E-state index in [0.717, 1.165) is 6.07 Å². The number of ether oxygens (including phenoxy) is 2. The Bertz CT molecular complexity index is 972. The van der Waals surface area contributed by atoms with E-state index in [9.17, 15) is 13.6 Å². The van der Waals surface area contributed by atoms with Crippen molar-refractivity contribution in [3.63, 3.8) is 0 Å². The molecular formula is C19H17ClF2N4O3. The number of amidine groups is 1. The number of aromatic nitrogens is 1. The number of nitrogens with two attached hydrogens (primary N) is 1. The van der Waals surface area contributed by atoms with Crippen LogP contribution in [-0.4, -0.2) is 42.9 Å². The van der Waals surface area contributed by atoms with Gasteiger partial charge in [-0.05, 0) is 30.3 Å². The molecule has 0 spiro atoms. The van der Waals surface area contributed by atoms with Gasteiger partial charge in [0.2, 0.25) is 0 Å². The first-order chi connectivity index (χ1) is 13.9. The maximum atomic E-state index is 14.8. The third-order valence-electron chi connectivity index (χ3n) is 5.08. The molecule has 29 heavy (non-hydrogen) atoms. The molecule has 2 aliphatic rings. The maximum Gasteiger partial charge on any atom is 0.283 e. The maximum absolute atomic E-state index is 14.8. The van der Waals surface area contributed by atoms with Gasteiger partial charge in [-0.3, -0.25) is 4.79 Å². The summed E-state index contributed by atoms with van der Waals surface area (Å²) < 4.78 is 39.9. The number of nitrogens with one attached hydrogen (secondary N) is 1. The minimum absolute atomic E-state index is 0.0337. The molecule has 0 aliphatic carbocycles. The number of carbonyl (C=O) groups is 1. The second-order valence-electron chi connectivity index (χ2n) is 6.82. The van der Waals surface area contributed by atoms with Crippen LogP contribution in [0.3, 0.4) is 0 Å². The third kappa shape index (κ3) is 3.51. The number of pyridine rings is 1. The van der Waals surface area contributed by atoms with Crippen LogP contribution in [0.5, 0.6) is 0 Å². The minimum atomic E-state index is -1.60. The van der Waals surface area contributed by atoms with E-state index in [1.54, 1.807) is 0 Å². The van der Waals surface area contributed by atoms with Crippen molar-refractivity contribution in [1.29, 1.82) is 0 Å². The zero-order valence-electron chi connectivity index (χ0n) is 15.1. The lowest BCUT2D eigenvalue weighted by molar-refractivity contribution is 0.0614. The predicted octanol–water partition coefficient (Wildman–Crippen LogP) is 2.65. The fourth-order valence-corrected chi connectivity index (χ4v) is 3.77. The molecule has 4 rings (SSSR count). The predicted molar refractivity (Wildman–Crippen MR) is 102 cm³/mol. The minimum Gasteiger partial charge on any atom is -0.459 e. The molecule has 1 aromatic carbocycles. The quantitative estimate of drug-likeness (QED) is 0.789. The van der Waals surface area contributed by atoms with Crippen LogP contribution in [0, 0.1) is 11.7 Å². The lowest BCUT2D eigenvalue weighted by atomic mass is 9.76. The lowest BCUT2D eigenvalue weighted by Crippen LogP contribution is -2.50. The molecule has 1 fully saturated rings. The van der Waals surface area contributed by atoms with Gasteiger partial charge in [0.15, 0.2) is 0 Å². The van der Waals surface area contributed by atoms with Crippen LogP contribution in [-0.2, 0) is 15.0 Å². The van der Waals surface area contributed by atoms with Gasteiger partial charge in [0, 0.05) is 17.4 Å². The lowest BCUT2D eigenvalue weighted by Gasteiger charge is -2.39. The monoisotopic (exact) mass is 422 g/mol. The smallest absolute Gasteiger partial charge is 0.283 e. The van der Waals surface area contributed by atoms with Crippen molar-refractivity contribution in [2.24, 2.45) is 16.6 Å². The Balaban J connectivity index is 1.70. The molecule has 0 bridgehead atoms. The van der Waals surface area contributed by atoms with Crippen molar-refractivity contribution in [1.82, 2.24) is 4.98 Å². The average Bonchev–Trinajstić information content (AvgIpc) is 3.18. The van der Waals surface area contributed by atoms with Gasteiger partial charge in [0.25, 0.3) is 11.9 Å². The molecule has 2 aromatic rings. The summed E-state index contributed by atoms with van der Waals surface area (Å²) in [5, 5.41) is 3.01. The van der Waals surface area contributed by atoms with Crippen LogP contribution in [0.1, 0.15) is 16.1 Å². The summed E-state index contributed by atoms with van der Waals surface area (Å²) in [6.45, 7) is -0.645. The number of carbonyl (C=O) groups excluding carboxylic acids is 1. The molecule has 1 amide bonds. The van der Waals surface area contributed by atoms with Crippen molar-refractivity contribution in [2.45, 2.75) is 11.6 Å². The van der Waals surface area contributed by atoms with Gasteiger partial charge in [0.05, 0.1) is 24.2 Å². The molecule has 7 nitrogen and oxygen atoms in total. The molecule has 2 aliphatic heterocycles. The first kappa shape index (κ1) is 19.5. The van der Waals surface area contributed by atoms with E-state index in [1.807, 2.05) is 0 Å². The summed E-state index contributed by atoms with van der Waals surface area (Å²) in [5.74, 6) is -1.75. The fourth-order valence-electron chi connectivity index (χ4n) is 3.66. The zero-order valence-corrected chi connectivity index (χ0v) is 15.8. The van der Waals surface area contributed by atoms with E-state index in [0.29, 0.717) is 5.02 Å². The summed E-state index contributed by atoms with van der Waals surface area (Å²) in [7, 11) is 0. The van der Waals surface area contributed by atoms with Gasteiger partial charge in [0.1, 0.15) is 29.8 Å². The largest absolute Gasteiger partial charge is 0.459 e. The summed E-state index contributed by atoms with van der Waals surface area (Å²) in [6, 6.07) is 6.61. The number of fused-ring (bicyclic) bond motifs is 1. The van der Waals surface area contributed by atoms with Crippen molar-refractivity contribution < 1.29 is 23.0 Å². The Morgan fingerprint density at radius 3 is 2.90 bits per heavy atom. The number of aliphatic imine (C=N–C) groups is 1. The van der Waals surface area contributed by atoms with Crippen LogP contribution in [0.2, 0.25) is 5.02 Å². The molecule has 0 radical (unpaired) electrons. The Morgan fingerprint density at radius 1 is 1.34 bits per heavy atom. The Morgan fingerprint density at radius 2 is 2.17 bits per heavy atom. The SMILES string of the molecule is NC1=N[C@](CF)(c2cc(NC(=O)c3ccc(Cl)cn3)ccc2F)[C@H]2COC[C@H]2O1.